The third-order valence-corrected chi connectivity index (χ3v) is 3.44. The molecule has 0 atom stereocenters. The number of amides is 2. The molecule has 0 saturated heterocycles. The number of nitrogens with one attached hydrogen (secondary N) is 2. The lowest BCUT2D eigenvalue weighted by atomic mass is 10.2. The maximum atomic E-state index is 12.1. The molecule has 8 heteroatoms. The van der Waals surface area contributed by atoms with Crippen LogP contribution in [0.4, 0.5) is 10.5 Å². The fourth-order valence-corrected chi connectivity index (χ4v) is 2.25. The van der Waals surface area contributed by atoms with Crippen molar-refractivity contribution < 1.29 is 4.79 Å². The number of tetrazole rings is 1. The summed E-state index contributed by atoms with van der Waals surface area (Å²) < 4.78 is 1.55. The van der Waals surface area contributed by atoms with Crippen molar-refractivity contribution in [3.05, 3.63) is 59.7 Å². The third kappa shape index (κ3) is 3.72. The van der Waals surface area contributed by atoms with Crippen molar-refractivity contribution in [2.24, 2.45) is 0 Å². The maximum Gasteiger partial charge on any atom is 0.319 e. The zero-order valence-corrected chi connectivity index (χ0v) is 13.4. The summed E-state index contributed by atoms with van der Waals surface area (Å²) in [5.74, 6) is 0. The molecule has 1 aromatic carbocycles. The van der Waals surface area contributed by atoms with Crippen LogP contribution in [0.3, 0.4) is 0 Å². The van der Waals surface area contributed by atoms with E-state index in [1.54, 1.807) is 4.68 Å². The predicted octanol–water partition coefficient (Wildman–Crippen LogP) is 2.00. The van der Waals surface area contributed by atoms with Gasteiger partial charge in [-0.05, 0) is 54.1 Å². The Morgan fingerprint density at radius 3 is 2.83 bits per heavy atom. The molecule has 0 aliphatic carbocycles. The predicted molar refractivity (Wildman–Crippen MR) is 88.7 cm³/mol. The van der Waals surface area contributed by atoms with Crippen LogP contribution in [-0.2, 0) is 6.54 Å². The Hall–Kier alpha value is -3.29. The monoisotopic (exact) mass is 323 g/mol. The summed E-state index contributed by atoms with van der Waals surface area (Å²) >= 11 is 0. The molecule has 2 N–H and O–H groups in total. The average Bonchev–Trinajstić information content (AvgIpc) is 3.09. The molecule has 0 radical (unpaired) electrons. The minimum Gasteiger partial charge on any atom is -0.332 e. The summed E-state index contributed by atoms with van der Waals surface area (Å²) in [4.78, 5) is 16.4. The molecule has 0 bridgehead atoms. The number of carbonyl (C=O) groups excluding carboxylic acids is 1. The lowest BCUT2D eigenvalue weighted by Gasteiger charge is -2.10. The molecule has 3 rings (SSSR count). The first-order valence-corrected chi connectivity index (χ1v) is 7.43. The standard InChI is InChI=1S/C16H17N7O/c1-11-6-7-13(8-15(11)23-10-18-21-22-23)20-16(24)17-9-14-5-3-4-12(2)19-14/h3-8,10H,9H2,1-2H3,(H2,17,20,24). The van der Waals surface area contributed by atoms with Gasteiger partial charge in [0, 0.05) is 11.4 Å². The van der Waals surface area contributed by atoms with E-state index in [9.17, 15) is 4.79 Å². The van der Waals surface area contributed by atoms with E-state index in [1.165, 1.54) is 6.33 Å². The van der Waals surface area contributed by atoms with Gasteiger partial charge in [0.2, 0.25) is 0 Å². The molecule has 24 heavy (non-hydrogen) atoms. The van der Waals surface area contributed by atoms with E-state index in [2.05, 4.69) is 31.1 Å². The highest BCUT2D eigenvalue weighted by atomic mass is 16.2. The number of urea groups is 1. The first-order valence-electron chi connectivity index (χ1n) is 7.43. The van der Waals surface area contributed by atoms with Crippen molar-refractivity contribution in [2.75, 3.05) is 5.32 Å². The Morgan fingerprint density at radius 1 is 1.21 bits per heavy atom. The first-order chi connectivity index (χ1) is 11.6. The normalized spacial score (nSPS) is 10.4. The largest absolute Gasteiger partial charge is 0.332 e. The molecule has 8 nitrogen and oxygen atoms in total. The van der Waals surface area contributed by atoms with Gasteiger partial charge in [-0.2, -0.15) is 0 Å². The van der Waals surface area contributed by atoms with Crippen LogP contribution in [0.15, 0.2) is 42.7 Å². The number of hydrogen-bond donors (Lipinski definition) is 2. The summed E-state index contributed by atoms with van der Waals surface area (Å²) in [5.41, 5.74) is 4.18. The second-order valence-electron chi connectivity index (χ2n) is 5.33. The Morgan fingerprint density at radius 2 is 2.08 bits per heavy atom. The zero-order chi connectivity index (χ0) is 16.9. The van der Waals surface area contributed by atoms with Crippen LogP contribution >= 0.6 is 0 Å². The van der Waals surface area contributed by atoms with Crippen LogP contribution in [0.5, 0.6) is 0 Å². The minimum absolute atomic E-state index is 0.301. The van der Waals surface area contributed by atoms with Gasteiger partial charge in [-0.25, -0.2) is 9.48 Å². The minimum atomic E-state index is -0.301. The Bertz CT molecular complexity index is 845. The summed E-state index contributed by atoms with van der Waals surface area (Å²) in [6.45, 7) is 4.22. The third-order valence-electron chi connectivity index (χ3n) is 3.44. The average molecular weight is 323 g/mol. The number of pyridine rings is 1. The molecule has 122 valence electrons. The number of carbonyl (C=O) groups is 1. The lowest BCUT2D eigenvalue weighted by molar-refractivity contribution is 0.251. The van der Waals surface area contributed by atoms with Gasteiger partial charge in [0.25, 0.3) is 0 Å². The SMILES string of the molecule is Cc1cccc(CNC(=O)Nc2ccc(C)c(-n3cnnn3)c2)n1. The van der Waals surface area contributed by atoms with Gasteiger partial charge in [0.1, 0.15) is 6.33 Å². The van der Waals surface area contributed by atoms with Gasteiger partial charge in [-0.1, -0.05) is 12.1 Å². The van der Waals surface area contributed by atoms with Crippen molar-refractivity contribution in [3.63, 3.8) is 0 Å². The summed E-state index contributed by atoms with van der Waals surface area (Å²) in [6.07, 6.45) is 1.51. The summed E-state index contributed by atoms with van der Waals surface area (Å²) in [6, 6.07) is 10.9. The molecule has 0 spiro atoms. The molecule has 0 unspecified atom stereocenters. The molecular formula is C16H17N7O. The number of rotatable bonds is 4. The van der Waals surface area contributed by atoms with Crippen LogP contribution in [-0.4, -0.2) is 31.2 Å². The second-order valence-corrected chi connectivity index (χ2v) is 5.33. The number of aromatic nitrogens is 5. The van der Waals surface area contributed by atoms with Gasteiger partial charge in [-0.3, -0.25) is 4.98 Å². The number of nitrogens with zero attached hydrogens (tertiary/aromatic N) is 5. The molecule has 2 amide bonds. The summed E-state index contributed by atoms with van der Waals surface area (Å²) in [5, 5.41) is 16.7. The molecule has 2 aromatic heterocycles. The lowest BCUT2D eigenvalue weighted by Crippen LogP contribution is -2.28. The Kier molecular flexibility index (Phi) is 4.46. The zero-order valence-electron chi connectivity index (χ0n) is 13.4. The van der Waals surface area contributed by atoms with E-state index in [-0.39, 0.29) is 6.03 Å². The number of hydrogen-bond acceptors (Lipinski definition) is 5. The maximum absolute atomic E-state index is 12.1. The van der Waals surface area contributed by atoms with Crippen molar-refractivity contribution in [3.8, 4) is 5.69 Å². The highest BCUT2D eigenvalue weighted by Gasteiger charge is 2.07. The summed E-state index contributed by atoms with van der Waals surface area (Å²) in [7, 11) is 0. The van der Waals surface area contributed by atoms with Gasteiger partial charge in [0.15, 0.2) is 0 Å². The van der Waals surface area contributed by atoms with E-state index >= 15 is 0 Å². The molecule has 0 fully saturated rings. The molecule has 0 saturated carbocycles. The number of benzene rings is 1. The van der Waals surface area contributed by atoms with Crippen LogP contribution in [0.25, 0.3) is 5.69 Å². The first kappa shape index (κ1) is 15.6. The van der Waals surface area contributed by atoms with E-state index < -0.39 is 0 Å². The fraction of sp³-hybridized carbons (Fsp3) is 0.188. The number of aryl methyl sites for hydroxylation is 2. The van der Waals surface area contributed by atoms with Gasteiger partial charge in [-0.15, -0.1) is 5.10 Å². The fourth-order valence-electron chi connectivity index (χ4n) is 2.25. The number of anilines is 1. The highest BCUT2D eigenvalue weighted by molar-refractivity contribution is 5.89. The van der Waals surface area contributed by atoms with Gasteiger partial charge < -0.3 is 10.6 Å². The van der Waals surface area contributed by atoms with Crippen molar-refractivity contribution in [2.45, 2.75) is 20.4 Å². The van der Waals surface area contributed by atoms with Gasteiger partial charge >= 0.3 is 6.03 Å². The highest BCUT2D eigenvalue weighted by Crippen LogP contribution is 2.18. The van der Waals surface area contributed by atoms with Crippen molar-refractivity contribution >= 4 is 11.7 Å². The van der Waals surface area contributed by atoms with Crippen LogP contribution in [0, 0.1) is 13.8 Å². The topological polar surface area (TPSA) is 97.6 Å². The van der Waals surface area contributed by atoms with Crippen LogP contribution < -0.4 is 10.6 Å². The van der Waals surface area contributed by atoms with E-state index in [0.29, 0.717) is 12.2 Å². The van der Waals surface area contributed by atoms with E-state index in [0.717, 1.165) is 22.6 Å². The van der Waals surface area contributed by atoms with E-state index in [1.807, 2.05) is 50.2 Å². The molecule has 0 aliphatic rings. The Labute approximate surface area is 138 Å². The Balaban J connectivity index is 1.65. The van der Waals surface area contributed by atoms with Gasteiger partial charge in [0.05, 0.1) is 17.9 Å². The van der Waals surface area contributed by atoms with Crippen molar-refractivity contribution in [1.82, 2.24) is 30.5 Å². The molecule has 0 aliphatic heterocycles. The van der Waals surface area contributed by atoms with Crippen LogP contribution in [0.1, 0.15) is 17.0 Å². The van der Waals surface area contributed by atoms with Crippen molar-refractivity contribution in [1.29, 1.82) is 0 Å². The molecular weight excluding hydrogens is 306 g/mol. The van der Waals surface area contributed by atoms with E-state index in [4.69, 9.17) is 0 Å². The smallest absolute Gasteiger partial charge is 0.319 e. The second kappa shape index (κ2) is 6.86. The molecule has 2 heterocycles. The van der Waals surface area contributed by atoms with Crippen LogP contribution in [0.2, 0.25) is 0 Å². The molecule has 3 aromatic rings. The quantitative estimate of drug-likeness (QED) is 0.765.